The molecular formula is C32H22N2. The van der Waals surface area contributed by atoms with Gasteiger partial charge < -0.3 is 0 Å². The molecule has 0 bridgehead atoms. The largest absolute Gasteiger partial charge is 0.295 e. The fourth-order valence-corrected chi connectivity index (χ4v) is 4.77. The van der Waals surface area contributed by atoms with Gasteiger partial charge in [-0.3, -0.25) is 4.57 Å². The van der Waals surface area contributed by atoms with Crippen molar-refractivity contribution < 1.29 is 13.7 Å². The van der Waals surface area contributed by atoms with E-state index >= 15 is 0 Å². The van der Waals surface area contributed by atoms with Gasteiger partial charge in [0.1, 0.15) is 5.82 Å². The molecule has 7 rings (SSSR count). The van der Waals surface area contributed by atoms with Crippen LogP contribution in [0.5, 0.6) is 0 Å². The quantitative estimate of drug-likeness (QED) is 0.245. The molecule has 6 aromatic carbocycles. The van der Waals surface area contributed by atoms with Crippen LogP contribution >= 0.6 is 0 Å². The van der Waals surface area contributed by atoms with Gasteiger partial charge in [-0.15, -0.1) is 0 Å². The first kappa shape index (κ1) is 11.6. The van der Waals surface area contributed by atoms with Crippen molar-refractivity contribution in [3.8, 4) is 16.8 Å². The third-order valence-corrected chi connectivity index (χ3v) is 6.19. The smallest absolute Gasteiger partial charge is 0.111 e. The van der Waals surface area contributed by atoms with Gasteiger partial charge in [0.05, 0.1) is 26.3 Å². The second-order valence-electron chi connectivity index (χ2n) is 8.07. The van der Waals surface area contributed by atoms with Gasteiger partial charge in [-0.1, -0.05) is 96.9 Å². The third-order valence-electron chi connectivity index (χ3n) is 6.19. The van der Waals surface area contributed by atoms with Gasteiger partial charge >= 0.3 is 0 Å². The summed E-state index contributed by atoms with van der Waals surface area (Å²) >= 11 is 0. The topological polar surface area (TPSA) is 17.8 Å². The molecular weight excluding hydrogens is 412 g/mol. The van der Waals surface area contributed by atoms with E-state index in [2.05, 4.69) is 4.98 Å². The minimum atomic E-state index is -2.55. The summed E-state index contributed by atoms with van der Waals surface area (Å²) < 4.78 is 87.1. The Bertz CT molecular complexity index is 2300. The van der Waals surface area contributed by atoms with Crippen molar-refractivity contribution in [3.05, 3.63) is 121 Å². The SMILES string of the molecule is [2H]c1c([2H])c([2H])c2c([2H])c(-c3c4ccccc4c(-n4c(C([2H])([2H])[2H])nc5ccccc54)c4ccccc34)c([2H])c([2H])c2c1[2H]. The first-order valence-electron chi connectivity index (χ1n) is 15.9. The molecule has 0 spiro atoms. The van der Waals surface area contributed by atoms with Crippen LogP contribution in [0, 0.1) is 6.85 Å². The van der Waals surface area contributed by atoms with E-state index in [1.54, 1.807) is 28.8 Å². The average Bonchev–Trinajstić information content (AvgIpc) is 3.40. The lowest BCUT2D eigenvalue weighted by atomic mass is 9.89. The number of fused-ring (bicyclic) bond motifs is 4. The molecule has 0 aliphatic heterocycles. The Morgan fingerprint density at radius 2 is 1.35 bits per heavy atom. The van der Waals surface area contributed by atoms with E-state index in [1.165, 1.54) is 0 Å². The second kappa shape index (κ2) is 7.29. The summed E-state index contributed by atoms with van der Waals surface area (Å²) in [4.78, 5) is 4.51. The molecule has 7 aromatic rings. The Morgan fingerprint density at radius 1 is 0.706 bits per heavy atom. The Morgan fingerprint density at radius 3 is 2.09 bits per heavy atom. The minimum absolute atomic E-state index is 0.0537. The maximum Gasteiger partial charge on any atom is 0.111 e. The molecule has 0 N–H and O–H groups in total. The van der Waals surface area contributed by atoms with E-state index < -0.39 is 37.1 Å². The van der Waals surface area contributed by atoms with Crippen molar-refractivity contribution in [1.82, 2.24) is 9.55 Å². The molecule has 2 nitrogen and oxygen atoms in total. The molecule has 0 atom stereocenters. The number of aryl methyl sites for hydroxylation is 1. The lowest BCUT2D eigenvalue weighted by Crippen LogP contribution is -2.01. The average molecular weight is 445 g/mol. The van der Waals surface area contributed by atoms with Gasteiger partial charge in [-0.05, 0) is 57.7 Å². The zero-order valence-corrected chi connectivity index (χ0v) is 17.8. The van der Waals surface area contributed by atoms with Crippen molar-refractivity contribution >= 4 is 43.4 Å². The number of benzene rings is 6. The van der Waals surface area contributed by atoms with Gasteiger partial charge in [0.25, 0.3) is 0 Å². The third kappa shape index (κ3) is 2.72. The zero-order valence-electron chi connectivity index (χ0n) is 27.8. The molecule has 0 unspecified atom stereocenters. The van der Waals surface area contributed by atoms with Crippen LogP contribution in [0.4, 0.5) is 0 Å². The number of para-hydroxylation sites is 2. The maximum atomic E-state index is 9.25. The molecule has 1 heterocycles. The number of nitrogens with zero attached hydrogens (tertiary/aromatic N) is 2. The van der Waals surface area contributed by atoms with Crippen LogP contribution in [-0.2, 0) is 0 Å². The fourth-order valence-electron chi connectivity index (χ4n) is 4.77. The molecule has 0 radical (unpaired) electrons. The first-order valence-corrected chi connectivity index (χ1v) is 10.9. The molecule has 160 valence electrons. The van der Waals surface area contributed by atoms with Crippen molar-refractivity contribution in [3.63, 3.8) is 0 Å². The molecule has 0 fully saturated rings. The molecule has 0 aliphatic carbocycles. The maximum absolute atomic E-state index is 9.25. The summed E-state index contributed by atoms with van der Waals surface area (Å²) in [7, 11) is 0. The van der Waals surface area contributed by atoms with Crippen LogP contribution < -0.4 is 0 Å². The number of rotatable bonds is 2. The Balaban J connectivity index is 1.72. The van der Waals surface area contributed by atoms with E-state index in [0.717, 1.165) is 0 Å². The standard InChI is InChI=1S/C32H22N2/c1-21-33-29-16-8-9-17-30(29)34(21)32-27-14-6-4-12-25(27)31(26-13-5-7-15-28(26)32)24-19-18-22-10-2-3-11-23(22)20-24/h2-20H,1H3/i1D3,2D,3D,10D,11D,18D,19D,20D. The molecule has 0 aliphatic rings. The highest BCUT2D eigenvalue weighted by Gasteiger charge is 2.19. The van der Waals surface area contributed by atoms with Gasteiger partial charge in [-0.25, -0.2) is 4.98 Å². The van der Waals surface area contributed by atoms with E-state index in [4.69, 9.17) is 12.3 Å². The lowest BCUT2D eigenvalue weighted by molar-refractivity contribution is 1.02. The summed E-state index contributed by atoms with van der Waals surface area (Å²) in [6.07, 6.45) is 0. The fraction of sp³-hybridized carbons (Fsp3) is 0.0312. The van der Waals surface area contributed by atoms with Crippen molar-refractivity contribution in [2.45, 2.75) is 6.85 Å². The molecule has 0 saturated heterocycles. The van der Waals surface area contributed by atoms with Crippen LogP contribution in [0.3, 0.4) is 0 Å². The molecule has 1 aromatic heterocycles. The zero-order chi connectivity index (χ0) is 31.2. The van der Waals surface area contributed by atoms with Crippen LogP contribution in [0.25, 0.3) is 60.2 Å². The van der Waals surface area contributed by atoms with Crippen LogP contribution in [0.1, 0.15) is 19.5 Å². The van der Waals surface area contributed by atoms with Crippen LogP contribution in [0.2, 0.25) is 0 Å². The number of hydrogen-bond donors (Lipinski definition) is 0. The number of aromatic nitrogens is 2. The number of hydrogen-bond acceptors (Lipinski definition) is 1. The summed E-state index contributed by atoms with van der Waals surface area (Å²) in [5.74, 6) is -0.112. The highest BCUT2D eigenvalue weighted by Crippen LogP contribution is 2.42. The van der Waals surface area contributed by atoms with E-state index in [-0.39, 0.29) is 34.2 Å². The second-order valence-corrected chi connectivity index (χ2v) is 8.07. The van der Waals surface area contributed by atoms with Crippen LogP contribution in [-0.4, -0.2) is 9.55 Å². The Labute approximate surface area is 211 Å². The van der Waals surface area contributed by atoms with E-state index in [1.807, 2.05) is 48.5 Å². The first-order chi connectivity index (χ1) is 20.9. The molecule has 2 heteroatoms. The number of imidazole rings is 1. The van der Waals surface area contributed by atoms with Crippen molar-refractivity contribution in [1.29, 1.82) is 0 Å². The summed E-state index contributed by atoms with van der Waals surface area (Å²) in [5.41, 5.74) is 2.17. The Kier molecular flexibility index (Phi) is 2.49. The Hall–Kier alpha value is -4.43. The lowest BCUT2D eigenvalue weighted by Gasteiger charge is -2.19. The molecule has 0 amide bonds. The van der Waals surface area contributed by atoms with E-state index in [0.29, 0.717) is 43.8 Å². The van der Waals surface area contributed by atoms with Gasteiger partial charge in [0.2, 0.25) is 0 Å². The van der Waals surface area contributed by atoms with Gasteiger partial charge in [-0.2, -0.15) is 0 Å². The predicted molar refractivity (Wildman–Crippen MR) is 144 cm³/mol. The molecule has 34 heavy (non-hydrogen) atoms. The van der Waals surface area contributed by atoms with Gasteiger partial charge in [0.15, 0.2) is 0 Å². The highest BCUT2D eigenvalue weighted by atomic mass is 15.1. The van der Waals surface area contributed by atoms with Crippen LogP contribution in [0.15, 0.2) is 115 Å². The van der Waals surface area contributed by atoms with Gasteiger partial charge in [0, 0.05) is 14.9 Å². The highest BCUT2D eigenvalue weighted by molar-refractivity contribution is 6.19. The summed E-state index contributed by atoms with van der Waals surface area (Å²) in [6, 6.07) is 18.7. The minimum Gasteiger partial charge on any atom is -0.295 e. The van der Waals surface area contributed by atoms with E-state index in [9.17, 15) is 1.37 Å². The summed E-state index contributed by atoms with van der Waals surface area (Å²) in [6.45, 7) is -2.55. The monoisotopic (exact) mass is 444 g/mol. The van der Waals surface area contributed by atoms with Crippen molar-refractivity contribution in [2.24, 2.45) is 0 Å². The summed E-state index contributed by atoms with van der Waals surface area (Å²) in [5, 5.41) is 2.10. The normalized spacial score (nSPS) is 16.2. The predicted octanol–water partition coefficient (Wildman–Crippen LogP) is 8.46. The molecule has 0 saturated carbocycles. The van der Waals surface area contributed by atoms with Crippen molar-refractivity contribution in [2.75, 3.05) is 0 Å².